The van der Waals surface area contributed by atoms with E-state index in [0.29, 0.717) is 16.5 Å². The molecule has 0 aliphatic rings. The minimum Gasteiger partial charge on any atom is -0.323 e. The van der Waals surface area contributed by atoms with Crippen LogP contribution in [0, 0.1) is 5.82 Å². The van der Waals surface area contributed by atoms with Gasteiger partial charge in [-0.05, 0) is 18.2 Å². The molecule has 3 aromatic rings. The first-order valence-electron chi connectivity index (χ1n) is 6.76. The van der Waals surface area contributed by atoms with Gasteiger partial charge in [-0.25, -0.2) is 9.49 Å². The lowest BCUT2D eigenvalue weighted by Crippen LogP contribution is -2.19. The number of carbonyl (C=O) groups excluding carboxylic acids is 1. The lowest BCUT2D eigenvalue weighted by atomic mass is 10.1. The molecule has 2 N–H and O–H groups in total. The van der Waals surface area contributed by atoms with E-state index >= 15 is 0 Å². The lowest BCUT2D eigenvalue weighted by molar-refractivity contribution is -0.115. The quantitative estimate of drug-likeness (QED) is 0.775. The molecule has 5 nitrogen and oxygen atoms in total. The maximum atomic E-state index is 13.8. The number of halogens is 2. The summed E-state index contributed by atoms with van der Waals surface area (Å²) in [5, 5.41) is 9.66. The molecular formula is C16H11ClFN3O2. The van der Waals surface area contributed by atoms with Crippen LogP contribution in [0.3, 0.4) is 0 Å². The number of H-pyrrole nitrogens is 1. The molecule has 1 aromatic heterocycles. The second kappa shape index (κ2) is 6.18. The zero-order valence-electron chi connectivity index (χ0n) is 11.8. The molecule has 3 rings (SSSR count). The summed E-state index contributed by atoms with van der Waals surface area (Å²) in [6.07, 6.45) is -0.108. The van der Waals surface area contributed by atoms with Crippen molar-refractivity contribution < 1.29 is 9.18 Å². The van der Waals surface area contributed by atoms with E-state index in [9.17, 15) is 14.0 Å². The van der Waals surface area contributed by atoms with Gasteiger partial charge in [0, 0.05) is 5.39 Å². The van der Waals surface area contributed by atoms with E-state index in [0.717, 1.165) is 0 Å². The van der Waals surface area contributed by atoms with E-state index in [1.165, 1.54) is 18.2 Å². The number of aromatic nitrogens is 2. The molecule has 0 unspecified atom stereocenters. The Bertz CT molecular complexity index is 955. The molecule has 0 atom stereocenters. The number of fused-ring (bicyclic) bond motifs is 1. The van der Waals surface area contributed by atoms with Crippen molar-refractivity contribution in [1.82, 2.24) is 10.2 Å². The van der Waals surface area contributed by atoms with Crippen molar-refractivity contribution in [1.29, 1.82) is 0 Å². The van der Waals surface area contributed by atoms with Crippen LogP contribution in [0.15, 0.2) is 47.3 Å². The highest BCUT2D eigenvalue weighted by Crippen LogP contribution is 2.22. The SMILES string of the molecule is O=C(Cc1n[nH]c(=O)c2ccccc12)Nc1cccc(Cl)c1F. The highest BCUT2D eigenvalue weighted by molar-refractivity contribution is 6.31. The molecule has 0 spiro atoms. The standard InChI is InChI=1S/C16H11ClFN3O2/c17-11-6-3-7-12(15(11)18)19-14(22)8-13-9-4-1-2-5-10(9)16(23)21-20-13/h1-7H,8H2,(H,19,22)(H,21,23). The topological polar surface area (TPSA) is 74.8 Å². The molecule has 23 heavy (non-hydrogen) atoms. The van der Waals surface area contributed by atoms with E-state index in [4.69, 9.17) is 11.6 Å². The molecule has 0 aliphatic heterocycles. The van der Waals surface area contributed by atoms with Crippen LogP contribution in [0.25, 0.3) is 10.8 Å². The second-order valence-corrected chi connectivity index (χ2v) is 5.28. The molecule has 2 aromatic carbocycles. The van der Waals surface area contributed by atoms with Gasteiger partial charge in [-0.2, -0.15) is 5.10 Å². The highest BCUT2D eigenvalue weighted by atomic mass is 35.5. The normalized spacial score (nSPS) is 10.7. The molecule has 1 amide bonds. The van der Waals surface area contributed by atoms with Crippen molar-refractivity contribution in [2.45, 2.75) is 6.42 Å². The van der Waals surface area contributed by atoms with Gasteiger partial charge >= 0.3 is 0 Å². The summed E-state index contributed by atoms with van der Waals surface area (Å²) < 4.78 is 13.8. The average Bonchev–Trinajstić information content (AvgIpc) is 2.55. The maximum absolute atomic E-state index is 13.8. The van der Waals surface area contributed by atoms with Gasteiger partial charge in [-0.15, -0.1) is 0 Å². The number of rotatable bonds is 3. The Labute approximate surface area is 135 Å². The fourth-order valence-electron chi connectivity index (χ4n) is 2.25. The molecule has 0 bridgehead atoms. The van der Waals surface area contributed by atoms with Gasteiger partial charge < -0.3 is 5.32 Å². The fraction of sp³-hybridized carbons (Fsp3) is 0.0625. The Kier molecular flexibility index (Phi) is 4.08. The first kappa shape index (κ1) is 15.2. The van der Waals surface area contributed by atoms with Crippen molar-refractivity contribution in [2.75, 3.05) is 5.32 Å². The Hall–Kier alpha value is -2.73. The number of hydrogen-bond acceptors (Lipinski definition) is 3. The average molecular weight is 332 g/mol. The number of nitrogens with one attached hydrogen (secondary N) is 2. The molecule has 0 aliphatic carbocycles. The summed E-state index contributed by atoms with van der Waals surface area (Å²) in [4.78, 5) is 23.8. The molecule has 0 saturated carbocycles. The van der Waals surface area contributed by atoms with Gasteiger partial charge in [0.15, 0.2) is 5.82 Å². The van der Waals surface area contributed by atoms with Gasteiger partial charge in [0.25, 0.3) is 5.56 Å². The fourth-order valence-corrected chi connectivity index (χ4v) is 2.43. The van der Waals surface area contributed by atoms with E-state index < -0.39 is 11.7 Å². The van der Waals surface area contributed by atoms with E-state index in [2.05, 4.69) is 15.5 Å². The van der Waals surface area contributed by atoms with Gasteiger partial charge in [-0.3, -0.25) is 9.59 Å². The largest absolute Gasteiger partial charge is 0.323 e. The van der Waals surface area contributed by atoms with Crippen molar-refractivity contribution in [3.63, 3.8) is 0 Å². The molecule has 0 fully saturated rings. The number of benzene rings is 2. The van der Waals surface area contributed by atoms with Crippen LogP contribution in [0.2, 0.25) is 5.02 Å². The van der Waals surface area contributed by atoms with E-state index in [1.807, 2.05) is 0 Å². The van der Waals surface area contributed by atoms with Gasteiger partial charge in [0.05, 0.1) is 28.2 Å². The number of aromatic amines is 1. The Morgan fingerprint density at radius 2 is 1.91 bits per heavy atom. The third-order valence-corrected chi connectivity index (χ3v) is 3.62. The number of nitrogens with zero attached hydrogens (tertiary/aromatic N) is 1. The van der Waals surface area contributed by atoms with Gasteiger partial charge in [0.2, 0.25) is 5.91 Å². The number of hydrogen-bond donors (Lipinski definition) is 2. The highest BCUT2D eigenvalue weighted by Gasteiger charge is 2.13. The summed E-state index contributed by atoms with van der Waals surface area (Å²) in [6.45, 7) is 0. The molecule has 0 saturated heterocycles. The number of amides is 1. The van der Waals surface area contributed by atoms with Crippen LogP contribution in [-0.4, -0.2) is 16.1 Å². The summed E-state index contributed by atoms with van der Waals surface area (Å²) >= 11 is 5.67. The third-order valence-electron chi connectivity index (χ3n) is 3.33. The Morgan fingerprint density at radius 1 is 1.17 bits per heavy atom. The third kappa shape index (κ3) is 3.07. The van der Waals surface area contributed by atoms with Crippen LogP contribution < -0.4 is 10.9 Å². The predicted octanol–water partition coefficient (Wildman–Crippen LogP) is 2.90. The number of carbonyl (C=O) groups is 1. The molecular weight excluding hydrogens is 321 g/mol. The minimum atomic E-state index is -0.693. The summed E-state index contributed by atoms with van der Waals surface area (Å²) in [5.74, 6) is -1.15. The van der Waals surface area contributed by atoms with Crippen LogP contribution in [0.4, 0.5) is 10.1 Å². The lowest BCUT2D eigenvalue weighted by Gasteiger charge is -2.08. The smallest absolute Gasteiger partial charge is 0.272 e. The second-order valence-electron chi connectivity index (χ2n) is 4.87. The summed E-state index contributed by atoms with van der Waals surface area (Å²) in [7, 11) is 0. The van der Waals surface area contributed by atoms with Crippen molar-refractivity contribution in [3.05, 3.63) is 69.4 Å². The monoisotopic (exact) mass is 331 g/mol. The molecule has 116 valence electrons. The van der Waals surface area contributed by atoms with Crippen LogP contribution >= 0.6 is 11.6 Å². The molecule has 1 heterocycles. The van der Waals surface area contributed by atoms with Crippen LogP contribution in [0.1, 0.15) is 5.69 Å². The van der Waals surface area contributed by atoms with Crippen LogP contribution in [-0.2, 0) is 11.2 Å². The summed E-state index contributed by atoms with van der Waals surface area (Å²) in [6, 6.07) is 11.2. The first-order valence-corrected chi connectivity index (χ1v) is 7.14. The van der Waals surface area contributed by atoms with E-state index in [1.54, 1.807) is 24.3 Å². The first-order chi connectivity index (χ1) is 11.1. The number of anilines is 1. The summed E-state index contributed by atoms with van der Waals surface area (Å²) in [5.41, 5.74) is 0.0713. The zero-order valence-corrected chi connectivity index (χ0v) is 12.5. The van der Waals surface area contributed by atoms with Gasteiger partial charge in [-0.1, -0.05) is 35.9 Å². The van der Waals surface area contributed by atoms with Gasteiger partial charge in [0.1, 0.15) is 0 Å². The molecule has 0 radical (unpaired) electrons. The van der Waals surface area contributed by atoms with E-state index in [-0.39, 0.29) is 22.7 Å². The Balaban J connectivity index is 1.88. The van der Waals surface area contributed by atoms with Crippen LogP contribution in [0.5, 0.6) is 0 Å². The van der Waals surface area contributed by atoms with Crippen molar-refractivity contribution in [3.8, 4) is 0 Å². The van der Waals surface area contributed by atoms with Crippen molar-refractivity contribution in [2.24, 2.45) is 0 Å². The molecule has 7 heteroatoms. The zero-order chi connectivity index (χ0) is 16.4. The Morgan fingerprint density at radius 3 is 2.70 bits per heavy atom. The predicted molar refractivity (Wildman–Crippen MR) is 86.1 cm³/mol. The maximum Gasteiger partial charge on any atom is 0.272 e. The minimum absolute atomic E-state index is 0.00349. The van der Waals surface area contributed by atoms with Crippen molar-refractivity contribution >= 4 is 34.0 Å².